The van der Waals surface area contributed by atoms with Gasteiger partial charge in [0.05, 0.1) is 11.6 Å². The lowest BCUT2D eigenvalue weighted by molar-refractivity contribution is -0.458. The second-order valence-electron chi connectivity index (χ2n) is 11.3. The van der Waals surface area contributed by atoms with Gasteiger partial charge in [0.1, 0.15) is 17.2 Å². The van der Waals surface area contributed by atoms with Crippen molar-refractivity contribution in [3.05, 3.63) is 156 Å². The zero-order chi connectivity index (χ0) is 28.8. The predicted octanol–water partition coefficient (Wildman–Crippen LogP) is 6.89. The van der Waals surface area contributed by atoms with E-state index in [9.17, 15) is 9.59 Å². The number of anilines is 2. The van der Waals surface area contributed by atoms with Gasteiger partial charge in [-0.1, -0.05) is 103 Å². The van der Waals surface area contributed by atoms with Crippen LogP contribution in [0.3, 0.4) is 0 Å². The minimum atomic E-state index is -1.23. The zero-order valence-corrected chi connectivity index (χ0v) is 23.0. The number of azo groups is 1. The highest BCUT2D eigenvalue weighted by molar-refractivity contribution is 6.26. The van der Waals surface area contributed by atoms with Crippen molar-refractivity contribution >= 4 is 28.9 Å². The fraction of sp³-hybridized carbons (Fsp3) is 0.111. The maximum absolute atomic E-state index is 14.9. The Morgan fingerprint density at radius 2 is 1.14 bits per heavy atom. The van der Waals surface area contributed by atoms with Crippen molar-refractivity contribution in [2.24, 2.45) is 11.0 Å². The number of para-hydroxylation sites is 3. The second-order valence-corrected chi connectivity index (χ2v) is 11.3. The number of fused-ring (bicyclic) bond motifs is 4. The summed E-state index contributed by atoms with van der Waals surface area (Å²) < 4.78 is 0. The highest BCUT2D eigenvalue weighted by Gasteiger charge is 2.79. The highest BCUT2D eigenvalue weighted by Crippen LogP contribution is 2.72. The predicted molar refractivity (Wildman–Crippen MR) is 163 cm³/mol. The molecule has 7 nitrogen and oxygen atoms in total. The first kappa shape index (κ1) is 24.1. The van der Waals surface area contributed by atoms with Crippen LogP contribution in [0.25, 0.3) is 16.6 Å². The lowest BCUT2D eigenvalue weighted by atomic mass is 9.63. The van der Waals surface area contributed by atoms with Crippen molar-refractivity contribution in [3.63, 3.8) is 0 Å². The second kappa shape index (κ2) is 8.49. The number of carbonyl (C=O) groups is 2. The minimum Gasteiger partial charge on any atom is -0.343 e. The Hall–Kier alpha value is -5.56. The Bertz CT molecular complexity index is 1980. The Kier molecular flexibility index (Phi) is 4.75. The molecule has 0 radical (unpaired) electrons. The Labute approximate surface area is 248 Å². The van der Waals surface area contributed by atoms with Gasteiger partial charge in [-0.2, -0.15) is 10.5 Å². The maximum atomic E-state index is 14.9. The van der Waals surface area contributed by atoms with Crippen LogP contribution >= 0.6 is 0 Å². The number of amides is 2. The summed E-state index contributed by atoms with van der Waals surface area (Å²) in [5.74, 6) is -1.38. The number of hydrogen-bond acceptors (Lipinski definition) is 4. The molecule has 4 atom stereocenters. The molecule has 0 saturated carbocycles. The van der Waals surface area contributed by atoms with E-state index in [1.807, 2.05) is 115 Å². The summed E-state index contributed by atoms with van der Waals surface area (Å²) in [6, 6.07) is 44.4. The smallest absolute Gasteiger partial charge is 0.257 e. The number of benzene rings is 5. The molecule has 4 aliphatic rings. The van der Waals surface area contributed by atoms with Crippen LogP contribution in [0, 0.1) is 5.92 Å². The van der Waals surface area contributed by atoms with E-state index in [4.69, 9.17) is 10.5 Å². The van der Waals surface area contributed by atoms with Crippen molar-refractivity contribution in [1.29, 1.82) is 0 Å². The molecular formula is C36H25N5O2. The van der Waals surface area contributed by atoms with E-state index in [0.29, 0.717) is 5.69 Å². The summed E-state index contributed by atoms with van der Waals surface area (Å²) in [6.07, 6.45) is 0. The SMILES string of the molecule is O=C1[C@@H]2[C@H](C(=O)N1c1ccccc1)N(c1ccccc1)[C@]13[N-][N+](c4ccccc4)=N[C@]21c1ccccc1-c1ccccc13. The molecule has 0 bridgehead atoms. The standard InChI is InChI=1S/C36H25N5O2/c42-33-31-32(34(43)39(33)24-14-4-1-5-15-24)40(25-16-6-2-7-17-25)36-30-23-13-11-21-28(30)27-20-10-12-22-29(27)35(31,36)37-41(38-36)26-18-8-3-9-19-26/h1-23,31-32H/t31-,32+,35+,36-/m0/s1. The van der Waals surface area contributed by atoms with Gasteiger partial charge in [-0.3, -0.25) is 9.59 Å². The normalized spacial score (nSPS) is 26.2. The summed E-state index contributed by atoms with van der Waals surface area (Å²) in [5, 5.41) is 5.46. The third kappa shape index (κ3) is 2.84. The highest BCUT2D eigenvalue weighted by atomic mass is 16.2. The molecule has 3 heterocycles. The zero-order valence-electron chi connectivity index (χ0n) is 23.0. The molecule has 0 N–H and O–H groups in total. The summed E-state index contributed by atoms with van der Waals surface area (Å²) in [7, 11) is 0. The average Bonchev–Trinajstić information content (AvgIpc) is 3.65. The van der Waals surface area contributed by atoms with Crippen LogP contribution in [-0.2, 0) is 20.8 Å². The van der Waals surface area contributed by atoms with Gasteiger partial charge in [-0.05, 0) is 46.5 Å². The van der Waals surface area contributed by atoms with Gasteiger partial charge in [0.2, 0.25) is 11.6 Å². The van der Waals surface area contributed by atoms with Gasteiger partial charge in [0.15, 0.2) is 0 Å². The molecule has 7 heteroatoms. The molecule has 2 amide bonds. The van der Waals surface area contributed by atoms with Gasteiger partial charge in [-0.15, -0.1) is 4.81 Å². The minimum absolute atomic E-state index is 0.271. The molecule has 0 spiro atoms. The molecule has 0 unspecified atom stereocenters. The Morgan fingerprint density at radius 1 is 0.605 bits per heavy atom. The van der Waals surface area contributed by atoms with Gasteiger partial charge < -0.3 is 4.90 Å². The van der Waals surface area contributed by atoms with E-state index in [0.717, 1.165) is 33.6 Å². The summed E-state index contributed by atoms with van der Waals surface area (Å²) in [6.45, 7) is 0. The van der Waals surface area contributed by atoms with Crippen molar-refractivity contribution < 1.29 is 14.4 Å². The summed E-state index contributed by atoms with van der Waals surface area (Å²) >= 11 is 0. The van der Waals surface area contributed by atoms with E-state index in [1.54, 1.807) is 4.81 Å². The van der Waals surface area contributed by atoms with Gasteiger partial charge in [0, 0.05) is 17.8 Å². The lowest BCUT2D eigenvalue weighted by Crippen LogP contribution is -2.57. The van der Waals surface area contributed by atoms with E-state index in [1.165, 1.54) is 4.90 Å². The molecule has 2 fully saturated rings. The number of hydrogen-bond donors (Lipinski definition) is 0. The van der Waals surface area contributed by atoms with Crippen LogP contribution in [0.2, 0.25) is 0 Å². The monoisotopic (exact) mass is 559 g/mol. The fourth-order valence-electron chi connectivity index (χ4n) is 7.81. The van der Waals surface area contributed by atoms with Crippen molar-refractivity contribution in [2.75, 3.05) is 9.80 Å². The molecule has 0 aromatic heterocycles. The molecule has 9 rings (SSSR count). The van der Waals surface area contributed by atoms with E-state index < -0.39 is 23.2 Å². The summed E-state index contributed by atoms with van der Waals surface area (Å²) in [5.41, 5.74) is 9.01. The topological polar surface area (TPSA) is 70.1 Å². The average molecular weight is 560 g/mol. The van der Waals surface area contributed by atoms with Crippen molar-refractivity contribution in [2.45, 2.75) is 17.2 Å². The van der Waals surface area contributed by atoms with Crippen LogP contribution in [-0.4, -0.2) is 22.7 Å². The van der Waals surface area contributed by atoms with Crippen LogP contribution in [0.15, 0.2) is 145 Å². The number of nitrogens with zero attached hydrogens (tertiary/aromatic N) is 5. The lowest BCUT2D eigenvalue weighted by Gasteiger charge is -2.51. The molecule has 5 aromatic rings. The van der Waals surface area contributed by atoms with E-state index in [-0.39, 0.29) is 11.8 Å². The van der Waals surface area contributed by atoms with Crippen LogP contribution in [0.5, 0.6) is 0 Å². The van der Waals surface area contributed by atoms with E-state index in [2.05, 4.69) is 29.2 Å². The maximum Gasteiger partial charge on any atom is 0.257 e. The molecule has 5 aromatic carbocycles. The van der Waals surface area contributed by atoms with Crippen LogP contribution < -0.4 is 9.80 Å². The number of rotatable bonds is 3. The largest absolute Gasteiger partial charge is 0.343 e. The van der Waals surface area contributed by atoms with Crippen LogP contribution in [0.1, 0.15) is 11.1 Å². The van der Waals surface area contributed by atoms with E-state index >= 15 is 0 Å². The Morgan fingerprint density at radius 3 is 1.81 bits per heavy atom. The first-order chi connectivity index (χ1) is 21.2. The fourth-order valence-corrected chi connectivity index (χ4v) is 7.81. The quantitative estimate of drug-likeness (QED) is 0.179. The third-order valence-corrected chi connectivity index (χ3v) is 9.34. The van der Waals surface area contributed by atoms with Gasteiger partial charge >= 0.3 is 0 Å². The summed E-state index contributed by atoms with van der Waals surface area (Å²) in [4.78, 5) is 34.7. The molecule has 206 valence electrons. The molecule has 2 saturated heterocycles. The first-order valence-corrected chi connectivity index (χ1v) is 14.4. The molecular weight excluding hydrogens is 534 g/mol. The number of imide groups is 1. The first-order valence-electron chi connectivity index (χ1n) is 14.4. The third-order valence-electron chi connectivity index (χ3n) is 9.34. The Balaban J connectivity index is 1.42. The molecule has 3 aliphatic heterocycles. The van der Waals surface area contributed by atoms with Gasteiger partial charge in [-0.25, -0.2) is 4.90 Å². The molecule has 1 aliphatic carbocycles. The number of carbonyl (C=O) groups excluding carboxylic acids is 2. The molecule has 43 heavy (non-hydrogen) atoms. The van der Waals surface area contributed by atoms with Crippen LogP contribution in [0.4, 0.5) is 17.1 Å². The van der Waals surface area contributed by atoms with Gasteiger partial charge in [0.25, 0.3) is 5.91 Å². The van der Waals surface area contributed by atoms with Crippen molar-refractivity contribution in [1.82, 2.24) is 0 Å². The van der Waals surface area contributed by atoms with Crippen molar-refractivity contribution in [3.8, 4) is 11.1 Å².